The van der Waals surface area contributed by atoms with Crippen molar-refractivity contribution >= 4 is 41.2 Å². The van der Waals surface area contributed by atoms with Crippen LogP contribution >= 0.6 is 0 Å². The van der Waals surface area contributed by atoms with Crippen molar-refractivity contribution < 1.29 is 24.4 Å². The predicted octanol–water partition coefficient (Wildman–Crippen LogP) is 3.49. The van der Waals surface area contributed by atoms with Gasteiger partial charge in [0.05, 0.1) is 5.52 Å². The molecule has 11 heteroatoms. The standard InChI is InChI=1S/C18H23BN2O3.C17H19N3O2/c1-3-13(2)8-18(22)21-12-14-9-16(11-17(10-14)19(23)24)15-4-6-20-7-5-15;18-16(21)15(12-6-1-2-7-12)20-17(22)14-10-9-11-5-3-4-8-13(11)19-14/h4-7,9-11,13,23-24H,3,8,12H2,1-2H3,(H,21,22);3-5,8-10,12,15H,1-2,6-7H2,(H2,18,21)(H,20,22). The van der Waals surface area contributed by atoms with E-state index in [2.05, 4.69) is 27.5 Å². The molecule has 46 heavy (non-hydrogen) atoms. The Bertz CT molecular complexity index is 1630. The summed E-state index contributed by atoms with van der Waals surface area (Å²) < 4.78 is 0. The van der Waals surface area contributed by atoms with Crippen LogP contribution in [0.3, 0.4) is 0 Å². The summed E-state index contributed by atoms with van der Waals surface area (Å²) in [4.78, 5) is 44.3. The maximum atomic E-state index is 12.4. The second-order valence-corrected chi connectivity index (χ2v) is 11.9. The number of para-hydroxylation sites is 1. The number of aromatic nitrogens is 2. The zero-order valence-electron chi connectivity index (χ0n) is 26.4. The van der Waals surface area contributed by atoms with E-state index in [1.165, 1.54) is 0 Å². The largest absolute Gasteiger partial charge is 0.488 e. The molecule has 2 unspecified atom stereocenters. The van der Waals surface area contributed by atoms with Gasteiger partial charge in [0.1, 0.15) is 11.7 Å². The number of fused-ring (bicyclic) bond motifs is 1. The lowest BCUT2D eigenvalue weighted by atomic mass is 9.78. The van der Waals surface area contributed by atoms with E-state index in [1.54, 1.807) is 30.6 Å². The van der Waals surface area contributed by atoms with Crippen LogP contribution in [0.25, 0.3) is 22.0 Å². The van der Waals surface area contributed by atoms with Crippen molar-refractivity contribution in [2.45, 2.75) is 65.0 Å². The molecule has 0 aliphatic heterocycles. The molecule has 2 heterocycles. The molecule has 2 atom stereocenters. The van der Waals surface area contributed by atoms with Gasteiger partial charge in [0, 0.05) is 30.7 Å². The van der Waals surface area contributed by atoms with Gasteiger partial charge in [-0.25, -0.2) is 4.98 Å². The molecule has 0 radical (unpaired) electrons. The highest BCUT2D eigenvalue weighted by molar-refractivity contribution is 6.58. The minimum absolute atomic E-state index is 0.00441. The second kappa shape index (κ2) is 16.6. The van der Waals surface area contributed by atoms with Gasteiger partial charge >= 0.3 is 7.12 Å². The summed E-state index contributed by atoms with van der Waals surface area (Å²) in [7, 11) is -1.55. The van der Waals surface area contributed by atoms with Crippen LogP contribution in [-0.2, 0) is 16.1 Å². The highest BCUT2D eigenvalue weighted by Gasteiger charge is 2.31. The first-order valence-corrected chi connectivity index (χ1v) is 15.8. The highest BCUT2D eigenvalue weighted by atomic mass is 16.4. The molecule has 4 aromatic rings. The van der Waals surface area contributed by atoms with Gasteiger partial charge in [-0.1, -0.05) is 69.5 Å². The summed E-state index contributed by atoms with van der Waals surface area (Å²) in [6.07, 6.45) is 8.85. The van der Waals surface area contributed by atoms with Crippen molar-refractivity contribution in [2.75, 3.05) is 0 Å². The molecule has 1 aliphatic carbocycles. The van der Waals surface area contributed by atoms with Gasteiger partial charge < -0.3 is 26.4 Å². The predicted molar refractivity (Wildman–Crippen MR) is 180 cm³/mol. The summed E-state index contributed by atoms with van der Waals surface area (Å²) in [6, 6.07) is 19.6. The summed E-state index contributed by atoms with van der Waals surface area (Å²) in [5.41, 5.74) is 9.53. The van der Waals surface area contributed by atoms with E-state index in [0.717, 1.165) is 59.7 Å². The van der Waals surface area contributed by atoms with Gasteiger partial charge in [0.15, 0.2) is 0 Å². The number of pyridine rings is 2. The monoisotopic (exact) mass is 623 g/mol. The Balaban J connectivity index is 0.000000209. The number of primary amides is 1. The molecule has 0 bridgehead atoms. The number of hydrogen-bond donors (Lipinski definition) is 5. The van der Waals surface area contributed by atoms with Crippen molar-refractivity contribution in [2.24, 2.45) is 17.6 Å². The zero-order valence-corrected chi connectivity index (χ0v) is 26.4. The van der Waals surface area contributed by atoms with Crippen molar-refractivity contribution in [1.82, 2.24) is 20.6 Å². The Morgan fingerprint density at radius 2 is 1.70 bits per heavy atom. The third-order valence-corrected chi connectivity index (χ3v) is 8.34. The number of rotatable bonds is 11. The third-order valence-electron chi connectivity index (χ3n) is 8.34. The molecular formula is C35H42BN5O5. The SMILES string of the molecule is CCC(C)CC(=O)NCc1cc(B(O)O)cc(-c2ccncc2)c1.NC(=O)C(NC(=O)c1ccc2ccccc2n1)C1CCCC1. The van der Waals surface area contributed by atoms with E-state index >= 15 is 0 Å². The average Bonchev–Trinajstić information content (AvgIpc) is 3.61. The Labute approximate surface area is 270 Å². The van der Waals surface area contributed by atoms with Gasteiger partial charge in [0.2, 0.25) is 11.8 Å². The topological polar surface area (TPSA) is 168 Å². The highest BCUT2D eigenvalue weighted by Crippen LogP contribution is 2.28. The van der Waals surface area contributed by atoms with Crippen LogP contribution in [0.1, 0.15) is 68.4 Å². The van der Waals surface area contributed by atoms with Crippen LogP contribution in [0.2, 0.25) is 0 Å². The molecule has 2 aromatic carbocycles. The maximum Gasteiger partial charge on any atom is 0.488 e. The van der Waals surface area contributed by atoms with E-state index in [1.807, 2.05) is 55.5 Å². The van der Waals surface area contributed by atoms with Crippen molar-refractivity contribution in [1.29, 1.82) is 0 Å². The lowest BCUT2D eigenvalue weighted by molar-refractivity contribution is -0.122. The fourth-order valence-electron chi connectivity index (χ4n) is 5.53. The van der Waals surface area contributed by atoms with Crippen LogP contribution in [-0.4, -0.2) is 50.9 Å². The molecule has 1 aliphatic rings. The molecule has 1 saturated carbocycles. The minimum Gasteiger partial charge on any atom is -0.423 e. The third kappa shape index (κ3) is 9.70. The summed E-state index contributed by atoms with van der Waals surface area (Å²) in [5, 5.41) is 25.6. The minimum atomic E-state index is -1.55. The Morgan fingerprint density at radius 3 is 2.37 bits per heavy atom. The molecular weight excluding hydrogens is 581 g/mol. The Kier molecular flexibility index (Phi) is 12.4. The number of nitrogens with zero attached hydrogens (tertiary/aromatic N) is 2. The lowest BCUT2D eigenvalue weighted by Gasteiger charge is -2.21. The number of nitrogens with two attached hydrogens (primary N) is 1. The van der Waals surface area contributed by atoms with Gasteiger partial charge in [-0.05, 0) is 77.2 Å². The second-order valence-electron chi connectivity index (χ2n) is 11.9. The van der Waals surface area contributed by atoms with Crippen LogP contribution in [0.15, 0.2) is 79.1 Å². The molecule has 2 aromatic heterocycles. The molecule has 0 spiro atoms. The van der Waals surface area contributed by atoms with E-state index in [0.29, 0.717) is 30.0 Å². The number of benzene rings is 2. The first-order chi connectivity index (χ1) is 22.1. The molecule has 240 valence electrons. The smallest absolute Gasteiger partial charge is 0.423 e. The van der Waals surface area contributed by atoms with Gasteiger partial charge in [-0.3, -0.25) is 19.4 Å². The number of hydrogen-bond acceptors (Lipinski definition) is 7. The molecule has 6 N–H and O–H groups in total. The number of carbonyl (C=O) groups is 3. The van der Waals surface area contributed by atoms with Gasteiger partial charge in [-0.15, -0.1) is 0 Å². The van der Waals surface area contributed by atoms with Crippen molar-refractivity contribution in [3.05, 3.63) is 90.4 Å². The first kappa shape index (κ1) is 34.3. The lowest BCUT2D eigenvalue weighted by Crippen LogP contribution is -2.48. The van der Waals surface area contributed by atoms with E-state index < -0.39 is 19.1 Å². The molecule has 5 rings (SSSR count). The van der Waals surface area contributed by atoms with E-state index in [4.69, 9.17) is 5.73 Å². The average molecular weight is 624 g/mol. The quantitative estimate of drug-likeness (QED) is 0.159. The van der Waals surface area contributed by atoms with Crippen LogP contribution < -0.4 is 21.8 Å². The molecule has 10 nitrogen and oxygen atoms in total. The number of amides is 3. The number of carbonyl (C=O) groups excluding carboxylic acids is 3. The van der Waals surface area contributed by atoms with Crippen LogP contribution in [0.5, 0.6) is 0 Å². The fraction of sp³-hybridized carbons (Fsp3) is 0.343. The van der Waals surface area contributed by atoms with Crippen LogP contribution in [0, 0.1) is 11.8 Å². The van der Waals surface area contributed by atoms with Crippen molar-refractivity contribution in [3.8, 4) is 11.1 Å². The van der Waals surface area contributed by atoms with Gasteiger partial charge in [0.25, 0.3) is 5.91 Å². The van der Waals surface area contributed by atoms with E-state index in [-0.39, 0.29) is 17.7 Å². The zero-order chi connectivity index (χ0) is 33.1. The van der Waals surface area contributed by atoms with E-state index in [9.17, 15) is 24.4 Å². The number of nitrogens with one attached hydrogen (secondary N) is 2. The first-order valence-electron chi connectivity index (χ1n) is 15.8. The van der Waals surface area contributed by atoms with Crippen molar-refractivity contribution in [3.63, 3.8) is 0 Å². The summed E-state index contributed by atoms with van der Waals surface area (Å²) in [6.45, 7) is 4.46. The normalized spacial score (nSPS) is 14.1. The molecule has 0 saturated heterocycles. The maximum absolute atomic E-state index is 12.4. The van der Waals surface area contributed by atoms with Gasteiger partial charge in [-0.2, -0.15) is 0 Å². The molecule has 1 fully saturated rings. The van der Waals surface area contributed by atoms with Crippen LogP contribution in [0.4, 0.5) is 0 Å². The Hall–Kier alpha value is -4.61. The molecule has 3 amide bonds. The Morgan fingerprint density at radius 1 is 0.978 bits per heavy atom. The fourth-order valence-corrected chi connectivity index (χ4v) is 5.53. The summed E-state index contributed by atoms with van der Waals surface area (Å²) in [5.74, 6) is -0.322. The summed E-state index contributed by atoms with van der Waals surface area (Å²) >= 11 is 0.